The Hall–Kier alpha value is -0.610. The summed E-state index contributed by atoms with van der Waals surface area (Å²) >= 11 is 0. The summed E-state index contributed by atoms with van der Waals surface area (Å²) in [6.45, 7) is 12.4. The van der Waals surface area contributed by atoms with Crippen molar-refractivity contribution in [3.05, 3.63) is 0 Å². The minimum atomic E-state index is -0.772. The van der Waals surface area contributed by atoms with Crippen molar-refractivity contribution in [2.75, 3.05) is 26.2 Å². The van der Waals surface area contributed by atoms with Crippen LogP contribution in [0, 0.1) is 11.8 Å². The number of carboxylic acid groups (broad SMARTS) is 1. The SMILES string of the molecule is CCNC(C)(CCCN1CC(C)C(C)C1)C(=O)O. The molecule has 1 heterocycles. The zero-order chi connectivity index (χ0) is 13.8. The maximum Gasteiger partial charge on any atom is 0.323 e. The first-order valence-electron chi connectivity index (χ1n) is 7.10. The number of likely N-dealkylation sites (N-methyl/N-ethyl adjacent to an activating group) is 1. The lowest BCUT2D eigenvalue weighted by Crippen LogP contribution is -2.49. The molecule has 106 valence electrons. The maximum atomic E-state index is 11.3. The second kappa shape index (κ2) is 6.53. The molecule has 0 aliphatic carbocycles. The van der Waals surface area contributed by atoms with Crippen molar-refractivity contribution in [1.29, 1.82) is 0 Å². The van der Waals surface area contributed by atoms with Crippen molar-refractivity contribution in [2.45, 2.75) is 46.1 Å². The highest BCUT2D eigenvalue weighted by Gasteiger charge is 2.32. The molecule has 1 aliphatic heterocycles. The van der Waals surface area contributed by atoms with E-state index in [1.54, 1.807) is 6.92 Å². The summed E-state index contributed by atoms with van der Waals surface area (Å²) in [5, 5.41) is 12.3. The molecule has 1 rings (SSSR count). The van der Waals surface area contributed by atoms with Crippen molar-refractivity contribution in [2.24, 2.45) is 11.8 Å². The van der Waals surface area contributed by atoms with Gasteiger partial charge >= 0.3 is 5.97 Å². The summed E-state index contributed by atoms with van der Waals surface area (Å²) in [6.07, 6.45) is 1.63. The molecule has 4 nitrogen and oxygen atoms in total. The van der Waals surface area contributed by atoms with Gasteiger partial charge in [0.05, 0.1) is 0 Å². The number of hydrogen-bond acceptors (Lipinski definition) is 3. The maximum absolute atomic E-state index is 11.3. The smallest absolute Gasteiger partial charge is 0.323 e. The Labute approximate surface area is 111 Å². The van der Waals surface area contributed by atoms with Gasteiger partial charge in [0, 0.05) is 13.1 Å². The van der Waals surface area contributed by atoms with E-state index in [4.69, 9.17) is 0 Å². The fourth-order valence-corrected chi connectivity index (χ4v) is 2.75. The zero-order valence-corrected chi connectivity index (χ0v) is 12.2. The van der Waals surface area contributed by atoms with E-state index in [-0.39, 0.29) is 0 Å². The quantitative estimate of drug-likeness (QED) is 0.729. The molecule has 18 heavy (non-hydrogen) atoms. The average Bonchev–Trinajstić information content (AvgIpc) is 2.58. The monoisotopic (exact) mass is 256 g/mol. The van der Waals surface area contributed by atoms with Gasteiger partial charge < -0.3 is 15.3 Å². The molecule has 3 atom stereocenters. The topological polar surface area (TPSA) is 52.6 Å². The third kappa shape index (κ3) is 3.95. The highest BCUT2D eigenvalue weighted by molar-refractivity contribution is 5.78. The number of carboxylic acids is 1. The van der Waals surface area contributed by atoms with Crippen molar-refractivity contribution >= 4 is 5.97 Å². The first kappa shape index (κ1) is 15.4. The molecular formula is C14H28N2O2. The molecule has 0 spiro atoms. The lowest BCUT2D eigenvalue weighted by atomic mass is 9.95. The van der Waals surface area contributed by atoms with Crippen LogP contribution in [0.4, 0.5) is 0 Å². The van der Waals surface area contributed by atoms with Crippen LogP contribution in [-0.4, -0.2) is 47.7 Å². The molecule has 0 aromatic heterocycles. The highest BCUT2D eigenvalue weighted by atomic mass is 16.4. The largest absolute Gasteiger partial charge is 0.480 e. The molecule has 4 heteroatoms. The van der Waals surface area contributed by atoms with Crippen LogP contribution < -0.4 is 5.32 Å². The first-order chi connectivity index (χ1) is 8.39. The second-order valence-corrected chi connectivity index (χ2v) is 5.99. The molecule has 0 bridgehead atoms. The third-order valence-electron chi connectivity index (χ3n) is 4.25. The molecule has 1 fully saturated rings. The Kier molecular flexibility index (Phi) is 5.60. The number of carbonyl (C=O) groups is 1. The van der Waals surface area contributed by atoms with E-state index >= 15 is 0 Å². The van der Waals surface area contributed by atoms with Crippen LogP contribution in [0.2, 0.25) is 0 Å². The van der Waals surface area contributed by atoms with Gasteiger partial charge in [-0.1, -0.05) is 20.8 Å². The van der Waals surface area contributed by atoms with Gasteiger partial charge in [-0.05, 0) is 44.7 Å². The number of likely N-dealkylation sites (tertiary alicyclic amines) is 1. The number of rotatable bonds is 7. The van der Waals surface area contributed by atoms with Crippen molar-refractivity contribution in [3.8, 4) is 0 Å². The van der Waals surface area contributed by atoms with Crippen molar-refractivity contribution < 1.29 is 9.90 Å². The van der Waals surface area contributed by atoms with Crippen molar-refractivity contribution in [1.82, 2.24) is 10.2 Å². The first-order valence-corrected chi connectivity index (χ1v) is 7.10. The van der Waals surface area contributed by atoms with Gasteiger partial charge in [0.25, 0.3) is 0 Å². The number of hydrogen-bond donors (Lipinski definition) is 2. The average molecular weight is 256 g/mol. The predicted molar refractivity (Wildman–Crippen MR) is 73.7 cm³/mol. The summed E-state index contributed by atoms with van der Waals surface area (Å²) < 4.78 is 0. The molecule has 0 aromatic carbocycles. The van der Waals surface area contributed by atoms with Gasteiger partial charge in [0.1, 0.15) is 5.54 Å². The van der Waals surface area contributed by atoms with Crippen LogP contribution in [0.3, 0.4) is 0 Å². The van der Waals surface area contributed by atoms with Crippen LogP contribution >= 0.6 is 0 Å². The van der Waals surface area contributed by atoms with Crippen LogP contribution in [-0.2, 0) is 4.79 Å². The van der Waals surface area contributed by atoms with Crippen LogP contribution in [0.25, 0.3) is 0 Å². The molecular weight excluding hydrogens is 228 g/mol. The Morgan fingerprint density at radius 2 is 1.94 bits per heavy atom. The molecule has 3 unspecified atom stereocenters. The minimum absolute atomic E-state index is 0.690. The number of nitrogens with zero attached hydrogens (tertiary/aromatic N) is 1. The second-order valence-electron chi connectivity index (χ2n) is 5.99. The normalized spacial score (nSPS) is 28.2. The van der Waals surface area contributed by atoms with E-state index in [0.717, 1.165) is 37.9 Å². The van der Waals surface area contributed by atoms with E-state index in [1.807, 2.05) is 6.92 Å². The van der Waals surface area contributed by atoms with Gasteiger partial charge in [0.2, 0.25) is 0 Å². The van der Waals surface area contributed by atoms with Gasteiger partial charge in [-0.3, -0.25) is 4.79 Å². The Morgan fingerprint density at radius 3 is 2.39 bits per heavy atom. The Bertz CT molecular complexity index is 273. The summed E-state index contributed by atoms with van der Waals surface area (Å²) in [5.41, 5.74) is -0.772. The Balaban J connectivity index is 2.34. The zero-order valence-electron chi connectivity index (χ0n) is 12.2. The van der Waals surface area contributed by atoms with E-state index in [1.165, 1.54) is 0 Å². The fourth-order valence-electron chi connectivity index (χ4n) is 2.75. The highest BCUT2D eigenvalue weighted by Crippen LogP contribution is 2.23. The summed E-state index contributed by atoms with van der Waals surface area (Å²) in [4.78, 5) is 13.7. The molecule has 0 saturated carbocycles. The van der Waals surface area contributed by atoms with Crippen molar-refractivity contribution in [3.63, 3.8) is 0 Å². The predicted octanol–water partition coefficient (Wildman–Crippen LogP) is 1.81. The van der Waals surface area contributed by atoms with Crippen LogP contribution in [0.15, 0.2) is 0 Å². The third-order valence-corrected chi connectivity index (χ3v) is 4.25. The molecule has 2 N–H and O–H groups in total. The lowest BCUT2D eigenvalue weighted by Gasteiger charge is -2.26. The van der Waals surface area contributed by atoms with E-state index in [0.29, 0.717) is 13.0 Å². The summed E-state index contributed by atoms with van der Waals surface area (Å²) in [5.74, 6) is 0.793. The van der Waals surface area contributed by atoms with Gasteiger partial charge in [-0.15, -0.1) is 0 Å². The lowest BCUT2D eigenvalue weighted by molar-refractivity contribution is -0.144. The minimum Gasteiger partial charge on any atom is -0.480 e. The summed E-state index contributed by atoms with van der Waals surface area (Å²) in [7, 11) is 0. The Morgan fingerprint density at radius 1 is 1.39 bits per heavy atom. The summed E-state index contributed by atoms with van der Waals surface area (Å²) in [6, 6.07) is 0. The van der Waals surface area contributed by atoms with Crippen LogP contribution in [0.5, 0.6) is 0 Å². The molecule has 0 radical (unpaired) electrons. The van der Waals surface area contributed by atoms with Gasteiger partial charge in [-0.2, -0.15) is 0 Å². The molecule has 1 aliphatic rings. The standard InChI is InChI=1S/C14H28N2O2/c1-5-15-14(4,13(17)18)7-6-8-16-9-11(2)12(3)10-16/h11-12,15H,5-10H2,1-4H3,(H,17,18). The van der Waals surface area contributed by atoms with Gasteiger partial charge in [-0.25, -0.2) is 0 Å². The van der Waals surface area contributed by atoms with E-state index < -0.39 is 11.5 Å². The van der Waals surface area contributed by atoms with E-state index in [9.17, 15) is 9.90 Å². The molecule has 0 amide bonds. The molecule has 1 saturated heterocycles. The fraction of sp³-hybridized carbons (Fsp3) is 0.929. The molecule has 0 aromatic rings. The van der Waals surface area contributed by atoms with Gasteiger partial charge in [0.15, 0.2) is 0 Å². The van der Waals surface area contributed by atoms with Crippen LogP contribution in [0.1, 0.15) is 40.5 Å². The number of nitrogens with one attached hydrogen (secondary N) is 1. The number of aliphatic carboxylic acids is 1. The van der Waals surface area contributed by atoms with E-state index in [2.05, 4.69) is 24.1 Å².